The molecular formula is C16H22FNO2. The van der Waals surface area contributed by atoms with Gasteiger partial charge in [0.15, 0.2) is 0 Å². The molecule has 0 aromatic heterocycles. The van der Waals surface area contributed by atoms with E-state index in [9.17, 15) is 9.50 Å². The molecule has 1 saturated carbocycles. The normalized spacial score (nSPS) is 32.2. The molecule has 2 aliphatic rings. The zero-order valence-corrected chi connectivity index (χ0v) is 11.7. The van der Waals surface area contributed by atoms with Gasteiger partial charge >= 0.3 is 0 Å². The van der Waals surface area contributed by atoms with E-state index >= 15 is 0 Å². The third-order valence-corrected chi connectivity index (χ3v) is 4.51. The monoisotopic (exact) mass is 279 g/mol. The third-order valence-electron chi connectivity index (χ3n) is 4.51. The van der Waals surface area contributed by atoms with E-state index in [1.165, 1.54) is 12.5 Å². The highest BCUT2D eigenvalue weighted by Crippen LogP contribution is 2.29. The van der Waals surface area contributed by atoms with Crippen molar-refractivity contribution in [2.75, 3.05) is 19.7 Å². The standard InChI is InChI=1S/C16H22FNO2/c17-13-6-2-1-5-12(13)16-11-18(9-10-20-16)14-7-3-4-8-15(14)19/h1-2,5-6,14-16,19H,3-4,7-11H2. The Hall–Kier alpha value is -0.970. The van der Waals surface area contributed by atoms with E-state index < -0.39 is 0 Å². The number of morpholine rings is 1. The first kappa shape index (κ1) is 14.0. The Balaban J connectivity index is 1.72. The predicted molar refractivity (Wildman–Crippen MR) is 74.9 cm³/mol. The van der Waals surface area contributed by atoms with Crippen LogP contribution >= 0.6 is 0 Å². The van der Waals surface area contributed by atoms with Crippen LogP contribution in [-0.4, -0.2) is 41.8 Å². The molecule has 2 fully saturated rings. The van der Waals surface area contributed by atoms with Crippen molar-refractivity contribution in [1.29, 1.82) is 0 Å². The summed E-state index contributed by atoms with van der Waals surface area (Å²) in [7, 11) is 0. The van der Waals surface area contributed by atoms with E-state index in [0.717, 1.165) is 25.8 Å². The van der Waals surface area contributed by atoms with Crippen LogP contribution in [0.15, 0.2) is 24.3 Å². The lowest BCUT2D eigenvalue weighted by Gasteiger charge is -2.42. The molecule has 0 radical (unpaired) electrons. The van der Waals surface area contributed by atoms with Gasteiger partial charge in [0, 0.05) is 24.7 Å². The summed E-state index contributed by atoms with van der Waals surface area (Å²) in [4.78, 5) is 2.28. The molecular weight excluding hydrogens is 257 g/mol. The van der Waals surface area contributed by atoms with Crippen molar-refractivity contribution in [3.05, 3.63) is 35.6 Å². The van der Waals surface area contributed by atoms with E-state index in [0.29, 0.717) is 18.7 Å². The van der Waals surface area contributed by atoms with Gasteiger partial charge in [-0.15, -0.1) is 0 Å². The highest BCUT2D eigenvalue weighted by atomic mass is 19.1. The smallest absolute Gasteiger partial charge is 0.129 e. The molecule has 1 N–H and O–H groups in total. The van der Waals surface area contributed by atoms with E-state index in [2.05, 4.69) is 4.90 Å². The molecule has 1 aliphatic heterocycles. The number of aliphatic hydroxyl groups is 1. The Morgan fingerprint density at radius 2 is 2.00 bits per heavy atom. The van der Waals surface area contributed by atoms with Crippen LogP contribution < -0.4 is 0 Å². The maximum absolute atomic E-state index is 13.9. The van der Waals surface area contributed by atoms with E-state index in [-0.39, 0.29) is 24.1 Å². The molecule has 1 heterocycles. The second-order valence-corrected chi connectivity index (χ2v) is 5.80. The molecule has 3 rings (SSSR count). The first-order valence-electron chi connectivity index (χ1n) is 7.54. The van der Waals surface area contributed by atoms with E-state index in [1.54, 1.807) is 12.1 Å². The van der Waals surface area contributed by atoms with Gasteiger partial charge in [-0.1, -0.05) is 31.0 Å². The van der Waals surface area contributed by atoms with E-state index in [4.69, 9.17) is 4.74 Å². The van der Waals surface area contributed by atoms with Gasteiger partial charge in [0.1, 0.15) is 5.82 Å². The molecule has 0 amide bonds. The lowest BCUT2D eigenvalue weighted by Crippen LogP contribution is -2.51. The Morgan fingerprint density at radius 3 is 2.80 bits per heavy atom. The van der Waals surface area contributed by atoms with Gasteiger partial charge in [-0.25, -0.2) is 4.39 Å². The summed E-state index contributed by atoms with van der Waals surface area (Å²) in [5.41, 5.74) is 0.627. The van der Waals surface area contributed by atoms with Crippen molar-refractivity contribution in [2.24, 2.45) is 0 Å². The minimum atomic E-state index is -0.247. The van der Waals surface area contributed by atoms with Crippen LogP contribution in [0.4, 0.5) is 4.39 Å². The summed E-state index contributed by atoms with van der Waals surface area (Å²) in [6.45, 7) is 2.09. The number of aliphatic hydroxyl groups excluding tert-OH is 1. The topological polar surface area (TPSA) is 32.7 Å². The number of hydrogen-bond acceptors (Lipinski definition) is 3. The molecule has 0 spiro atoms. The minimum absolute atomic E-state index is 0.205. The highest BCUT2D eigenvalue weighted by molar-refractivity contribution is 5.20. The van der Waals surface area contributed by atoms with Crippen molar-refractivity contribution in [3.63, 3.8) is 0 Å². The fourth-order valence-corrected chi connectivity index (χ4v) is 3.41. The zero-order valence-electron chi connectivity index (χ0n) is 11.7. The summed E-state index contributed by atoms with van der Waals surface area (Å²) in [5, 5.41) is 10.2. The van der Waals surface area contributed by atoms with Gasteiger partial charge < -0.3 is 9.84 Å². The molecule has 110 valence electrons. The summed E-state index contributed by atoms with van der Waals surface area (Å²) in [6.07, 6.45) is 3.72. The van der Waals surface area contributed by atoms with Crippen LogP contribution in [0.1, 0.15) is 37.4 Å². The van der Waals surface area contributed by atoms with Gasteiger partial charge in [0.05, 0.1) is 18.8 Å². The van der Waals surface area contributed by atoms with Crippen LogP contribution in [-0.2, 0) is 4.74 Å². The second-order valence-electron chi connectivity index (χ2n) is 5.80. The van der Waals surface area contributed by atoms with Crippen LogP contribution in [0, 0.1) is 5.82 Å². The van der Waals surface area contributed by atoms with Crippen LogP contribution in [0.2, 0.25) is 0 Å². The van der Waals surface area contributed by atoms with Gasteiger partial charge in [-0.2, -0.15) is 0 Å². The van der Waals surface area contributed by atoms with E-state index in [1.807, 2.05) is 6.07 Å². The third kappa shape index (κ3) is 2.87. The molecule has 1 aromatic rings. The highest BCUT2D eigenvalue weighted by Gasteiger charge is 2.33. The maximum Gasteiger partial charge on any atom is 0.129 e. The predicted octanol–water partition coefficient (Wildman–Crippen LogP) is 2.50. The van der Waals surface area contributed by atoms with Crippen LogP contribution in [0.5, 0.6) is 0 Å². The van der Waals surface area contributed by atoms with Crippen molar-refractivity contribution in [2.45, 2.75) is 43.9 Å². The average molecular weight is 279 g/mol. The molecule has 1 aromatic carbocycles. The maximum atomic E-state index is 13.9. The summed E-state index contributed by atoms with van der Waals surface area (Å²) in [5.74, 6) is -0.205. The Kier molecular flexibility index (Phi) is 4.34. The number of hydrogen-bond donors (Lipinski definition) is 1. The largest absolute Gasteiger partial charge is 0.391 e. The lowest BCUT2D eigenvalue weighted by atomic mass is 9.90. The Morgan fingerprint density at radius 1 is 1.20 bits per heavy atom. The molecule has 3 atom stereocenters. The number of benzene rings is 1. The number of rotatable bonds is 2. The fourth-order valence-electron chi connectivity index (χ4n) is 3.41. The summed E-state index contributed by atoms with van der Waals surface area (Å²) in [6, 6.07) is 7.02. The summed E-state index contributed by atoms with van der Waals surface area (Å²) >= 11 is 0. The Labute approximate surface area is 119 Å². The Bertz CT molecular complexity index is 454. The summed E-state index contributed by atoms with van der Waals surface area (Å²) < 4.78 is 19.6. The second kappa shape index (κ2) is 6.20. The first-order valence-corrected chi connectivity index (χ1v) is 7.54. The molecule has 3 unspecified atom stereocenters. The molecule has 3 nitrogen and oxygen atoms in total. The first-order chi connectivity index (χ1) is 9.75. The SMILES string of the molecule is OC1CCCCC1N1CCOC(c2ccccc2F)C1. The van der Waals surface area contributed by atoms with Crippen molar-refractivity contribution in [3.8, 4) is 0 Å². The average Bonchev–Trinajstić information content (AvgIpc) is 2.48. The number of halogens is 1. The quantitative estimate of drug-likeness (QED) is 0.903. The molecule has 1 saturated heterocycles. The van der Waals surface area contributed by atoms with Crippen LogP contribution in [0.3, 0.4) is 0 Å². The molecule has 1 aliphatic carbocycles. The lowest BCUT2D eigenvalue weighted by molar-refractivity contribution is -0.0757. The molecule has 4 heteroatoms. The van der Waals surface area contributed by atoms with Crippen molar-refractivity contribution in [1.82, 2.24) is 4.90 Å². The number of nitrogens with zero attached hydrogens (tertiary/aromatic N) is 1. The zero-order chi connectivity index (χ0) is 13.9. The fraction of sp³-hybridized carbons (Fsp3) is 0.625. The number of ether oxygens (including phenoxy) is 1. The van der Waals surface area contributed by atoms with Gasteiger partial charge in [-0.05, 0) is 18.9 Å². The minimum Gasteiger partial charge on any atom is -0.391 e. The molecule has 20 heavy (non-hydrogen) atoms. The van der Waals surface area contributed by atoms with Crippen molar-refractivity contribution >= 4 is 0 Å². The van der Waals surface area contributed by atoms with Gasteiger partial charge in [0.2, 0.25) is 0 Å². The van der Waals surface area contributed by atoms with Crippen molar-refractivity contribution < 1.29 is 14.2 Å². The van der Waals surface area contributed by atoms with Crippen LogP contribution in [0.25, 0.3) is 0 Å². The van der Waals surface area contributed by atoms with Gasteiger partial charge in [0.25, 0.3) is 0 Å². The molecule has 0 bridgehead atoms. The van der Waals surface area contributed by atoms with Gasteiger partial charge in [-0.3, -0.25) is 4.90 Å².